The maximum absolute atomic E-state index is 12.9. The van der Waals surface area contributed by atoms with E-state index in [4.69, 9.17) is 4.74 Å². The van der Waals surface area contributed by atoms with Gasteiger partial charge in [0, 0.05) is 23.4 Å². The number of nitrogens with one attached hydrogen (secondary N) is 3. The number of carboxylic acids is 1. The number of aryl methyl sites for hydroxylation is 1. The van der Waals surface area contributed by atoms with Crippen LogP contribution in [0.3, 0.4) is 0 Å². The molecule has 1 aliphatic rings. The molecular formula is C30H28N4O8. The number of carbonyl (C=O) groups excluding carboxylic acids is 5. The smallest absolute Gasteiger partial charge is 0.422 e. The minimum absolute atomic E-state index is 0.181. The van der Waals surface area contributed by atoms with Gasteiger partial charge in [-0.15, -0.1) is 0 Å². The molecule has 0 aliphatic carbocycles. The molecule has 42 heavy (non-hydrogen) atoms. The molecule has 12 nitrogen and oxygen atoms in total. The molecule has 0 unspecified atom stereocenters. The van der Waals surface area contributed by atoms with Crippen LogP contribution in [0.1, 0.15) is 28.8 Å². The Kier molecular flexibility index (Phi) is 9.28. The Labute approximate surface area is 240 Å². The number of carboxylic acid groups (broad SMARTS) is 1. The van der Waals surface area contributed by atoms with Gasteiger partial charge in [-0.05, 0) is 42.8 Å². The van der Waals surface area contributed by atoms with E-state index in [-0.39, 0.29) is 12.1 Å². The van der Waals surface area contributed by atoms with Crippen molar-refractivity contribution in [2.45, 2.75) is 25.9 Å². The number of ketones is 1. The molecule has 0 saturated carbocycles. The molecule has 0 radical (unpaired) electrons. The predicted octanol–water partition coefficient (Wildman–Crippen LogP) is 3.97. The zero-order valence-corrected chi connectivity index (χ0v) is 22.5. The molecule has 0 spiro atoms. The molecule has 216 valence electrons. The molecule has 4 rings (SSSR count). The summed E-state index contributed by atoms with van der Waals surface area (Å²) in [5, 5.41) is 17.1. The van der Waals surface area contributed by atoms with Crippen LogP contribution in [0.25, 0.3) is 0 Å². The number of rotatable bonds is 11. The van der Waals surface area contributed by atoms with E-state index in [0.29, 0.717) is 16.9 Å². The van der Waals surface area contributed by atoms with Crippen molar-refractivity contribution in [1.82, 2.24) is 5.32 Å². The van der Waals surface area contributed by atoms with Crippen LogP contribution in [0.5, 0.6) is 0 Å². The second-order valence-electron chi connectivity index (χ2n) is 9.52. The number of anilines is 3. The zero-order valence-electron chi connectivity index (χ0n) is 22.5. The van der Waals surface area contributed by atoms with Crippen LogP contribution in [-0.2, 0) is 19.1 Å². The van der Waals surface area contributed by atoms with E-state index in [0.717, 1.165) is 10.5 Å². The van der Waals surface area contributed by atoms with Gasteiger partial charge in [0.05, 0.1) is 24.6 Å². The zero-order chi connectivity index (χ0) is 30.2. The number of ether oxygens (including phenoxy) is 1. The summed E-state index contributed by atoms with van der Waals surface area (Å²) in [5.74, 6) is -4.37. The van der Waals surface area contributed by atoms with Gasteiger partial charge < -0.3 is 25.8 Å². The lowest BCUT2D eigenvalue weighted by Crippen LogP contribution is -2.41. The highest BCUT2D eigenvalue weighted by molar-refractivity contribution is 6.18. The average molecular weight is 573 g/mol. The molecule has 1 saturated heterocycles. The Balaban J connectivity index is 1.33. The van der Waals surface area contributed by atoms with E-state index in [1.165, 1.54) is 24.3 Å². The van der Waals surface area contributed by atoms with Crippen molar-refractivity contribution in [3.8, 4) is 0 Å². The number of carbonyl (C=O) groups is 6. The lowest BCUT2D eigenvalue weighted by Gasteiger charge is -2.16. The molecule has 4 N–H and O–H groups in total. The number of urea groups is 1. The summed E-state index contributed by atoms with van der Waals surface area (Å²) >= 11 is 0. The van der Waals surface area contributed by atoms with Gasteiger partial charge in [-0.1, -0.05) is 48.5 Å². The molecule has 0 aromatic heterocycles. The van der Waals surface area contributed by atoms with Crippen LogP contribution >= 0.6 is 0 Å². The molecule has 0 bridgehead atoms. The fourth-order valence-electron chi connectivity index (χ4n) is 4.28. The molecule has 1 aliphatic heterocycles. The van der Waals surface area contributed by atoms with E-state index in [2.05, 4.69) is 16.0 Å². The number of hydrogen-bond donors (Lipinski definition) is 4. The normalized spacial score (nSPS) is 15.0. The number of imide groups is 1. The first-order valence-electron chi connectivity index (χ1n) is 13.0. The van der Waals surface area contributed by atoms with Crippen LogP contribution in [0.15, 0.2) is 78.9 Å². The number of benzene rings is 3. The van der Waals surface area contributed by atoms with Gasteiger partial charge in [-0.3, -0.25) is 19.2 Å². The minimum atomic E-state index is -1.35. The third-order valence-corrected chi connectivity index (χ3v) is 6.48. The molecule has 5 amide bonds. The third-order valence-electron chi connectivity index (χ3n) is 6.48. The monoisotopic (exact) mass is 572 g/mol. The fraction of sp³-hybridized carbons (Fsp3) is 0.200. The molecule has 1 heterocycles. The lowest BCUT2D eigenvalue weighted by molar-refractivity contribution is -0.141. The summed E-state index contributed by atoms with van der Waals surface area (Å²) in [6.07, 6.45) is -3.26. The number of nitrogens with zero attached hydrogens (tertiary/aromatic N) is 1. The van der Waals surface area contributed by atoms with Crippen molar-refractivity contribution in [2.75, 3.05) is 22.1 Å². The van der Waals surface area contributed by atoms with Crippen LogP contribution in [0, 0.1) is 12.8 Å². The Morgan fingerprint density at radius 3 is 2.21 bits per heavy atom. The number of Topliss-reactive ketones (excluding diaryl/α,β-unsaturated/α-hetero) is 1. The number of cyclic esters (lactones) is 1. The average Bonchev–Trinajstić information content (AvgIpc) is 3.25. The Hall–Kier alpha value is -5.52. The van der Waals surface area contributed by atoms with Crippen LogP contribution in [0.2, 0.25) is 0 Å². The maximum atomic E-state index is 12.9. The number of para-hydroxylation sites is 1. The van der Waals surface area contributed by atoms with Crippen molar-refractivity contribution in [3.05, 3.63) is 90.0 Å². The highest BCUT2D eigenvalue weighted by Gasteiger charge is 2.42. The van der Waals surface area contributed by atoms with Gasteiger partial charge >= 0.3 is 18.1 Å². The quantitative estimate of drug-likeness (QED) is 0.250. The highest BCUT2D eigenvalue weighted by atomic mass is 16.6. The number of aliphatic carboxylic acids is 1. The molecule has 3 aromatic carbocycles. The van der Waals surface area contributed by atoms with Gasteiger partial charge in [0.2, 0.25) is 5.91 Å². The first kappa shape index (κ1) is 29.5. The molecule has 3 aromatic rings. The number of amides is 5. The van der Waals surface area contributed by atoms with Gasteiger partial charge in [0.25, 0.3) is 5.91 Å². The van der Waals surface area contributed by atoms with Gasteiger partial charge in [-0.2, -0.15) is 0 Å². The van der Waals surface area contributed by atoms with Crippen LogP contribution in [0.4, 0.5) is 26.7 Å². The molecular weight excluding hydrogens is 544 g/mol. The van der Waals surface area contributed by atoms with E-state index < -0.39 is 60.7 Å². The summed E-state index contributed by atoms with van der Waals surface area (Å²) in [4.78, 5) is 75.2. The molecule has 2 atom stereocenters. The van der Waals surface area contributed by atoms with Gasteiger partial charge in [-0.25, -0.2) is 14.5 Å². The molecule has 12 heteroatoms. The van der Waals surface area contributed by atoms with Crippen molar-refractivity contribution >= 4 is 52.8 Å². The standard InChI is InChI=1S/C30H28N4O8/c1-18-7-5-6-10-23(18)33-29(40)32-21-11-13-22(14-12-21)34-28(39)25(42-30(34)41)17-31-27(38)20(16-26(36)37)15-24(35)19-8-3-2-4-9-19/h2-14,20,25H,15-17H2,1H3,(H,31,38)(H,36,37)(H2,32,33,40)/t20-,25-/m0/s1. The van der Waals surface area contributed by atoms with E-state index in [9.17, 15) is 33.9 Å². The minimum Gasteiger partial charge on any atom is -0.481 e. The predicted molar refractivity (Wildman–Crippen MR) is 152 cm³/mol. The second kappa shape index (κ2) is 13.2. The van der Waals surface area contributed by atoms with Crippen LogP contribution < -0.4 is 20.9 Å². The Morgan fingerprint density at radius 1 is 0.881 bits per heavy atom. The van der Waals surface area contributed by atoms with Crippen molar-refractivity contribution in [2.24, 2.45) is 5.92 Å². The van der Waals surface area contributed by atoms with E-state index >= 15 is 0 Å². The third kappa shape index (κ3) is 7.36. The highest BCUT2D eigenvalue weighted by Crippen LogP contribution is 2.25. The number of hydrogen-bond acceptors (Lipinski definition) is 7. The summed E-state index contributed by atoms with van der Waals surface area (Å²) in [6, 6.07) is 20.8. The topological polar surface area (TPSA) is 171 Å². The SMILES string of the molecule is Cc1ccccc1NC(=O)Nc1ccc(N2C(=O)O[C@@H](CNC(=O)[C@H](CC(=O)O)CC(=O)c3ccccc3)C2=O)cc1. The van der Waals surface area contributed by atoms with Crippen molar-refractivity contribution in [1.29, 1.82) is 0 Å². The van der Waals surface area contributed by atoms with Gasteiger partial charge in [0.15, 0.2) is 11.9 Å². The summed E-state index contributed by atoms with van der Waals surface area (Å²) in [7, 11) is 0. The summed E-state index contributed by atoms with van der Waals surface area (Å²) in [6.45, 7) is 1.45. The summed E-state index contributed by atoms with van der Waals surface area (Å²) in [5.41, 5.74) is 2.46. The first-order valence-corrected chi connectivity index (χ1v) is 13.0. The van der Waals surface area contributed by atoms with Crippen molar-refractivity contribution in [3.63, 3.8) is 0 Å². The molecule has 1 fully saturated rings. The Morgan fingerprint density at radius 2 is 1.55 bits per heavy atom. The first-order chi connectivity index (χ1) is 20.1. The van der Waals surface area contributed by atoms with E-state index in [1.807, 2.05) is 19.1 Å². The van der Waals surface area contributed by atoms with Gasteiger partial charge in [0.1, 0.15) is 0 Å². The second-order valence-corrected chi connectivity index (χ2v) is 9.52. The van der Waals surface area contributed by atoms with E-state index in [1.54, 1.807) is 42.5 Å². The fourth-order valence-corrected chi connectivity index (χ4v) is 4.28. The Bertz CT molecular complexity index is 1510. The largest absolute Gasteiger partial charge is 0.481 e. The lowest BCUT2D eigenvalue weighted by atomic mass is 9.94. The summed E-state index contributed by atoms with van der Waals surface area (Å²) < 4.78 is 5.13. The van der Waals surface area contributed by atoms with Crippen molar-refractivity contribution < 1.29 is 38.6 Å². The van der Waals surface area contributed by atoms with Crippen LogP contribution in [-0.4, -0.2) is 53.4 Å². The maximum Gasteiger partial charge on any atom is 0.422 e.